The van der Waals surface area contributed by atoms with Crippen molar-refractivity contribution >= 4 is 27.9 Å². The second-order valence-corrected chi connectivity index (χ2v) is 6.16. The zero-order chi connectivity index (χ0) is 14.7. The zero-order valence-corrected chi connectivity index (χ0v) is 13.2. The third-order valence-electron chi connectivity index (χ3n) is 3.47. The number of pyridine rings is 1. The Hall–Kier alpha value is -1.91. The lowest BCUT2D eigenvalue weighted by Crippen LogP contribution is -2.19. The Bertz CT molecular complexity index is 722. The van der Waals surface area contributed by atoms with Gasteiger partial charge >= 0.3 is 0 Å². The van der Waals surface area contributed by atoms with E-state index in [1.807, 2.05) is 7.05 Å². The second-order valence-electron chi connectivity index (χ2n) is 5.12. The zero-order valence-electron chi connectivity index (χ0n) is 12.3. The molecule has 0 aliphatic carbocycles. The molecule has 108 valence electrons. The van der Waals surface area contributed by atoms with Gasteiger partial charge in [-0.05, 0) is 29.9 Å². The monoisotopic (exact) mass is 297 g/mol. The minimum Gasteiger partial charge on any atom is -0.354 e. The van der Waals surface area contributed by atoms with E-state index in [1.54, 1.807) is 11.3 Å². The summed E-state index contributed by atoms with van der Waals surface area (Å²) < 4.78 is 0. The van der Waals surface area contributed by atoms with Crippen LogP contribution in [0.2, 0.25) is 0 Å². The quantitative estimate of drug-likeness (QED) is 0.779. The molecule has 0 saturated heterocycles. The molecular weight excluding hydrogens is 278 g/mol. The van der Waals surface area contributed by atoms with Gasteiger partial charge in [0.1, 0.15) is 5.82 Å². The lowest BCUT2D eigenvalue weighted by atomic mass is 10.1. The van der Waals surface area contributed by atoms with E-state index < -0.39 is 0 Å². The van der Waals surface area contributed by atoms with Crippen LogP contribution in [-0.2, 0) is 13.1 Å². The molecule has 2 aromatic heterocycles. The van der Waals surface area contributed by atoms with Crippen LogP contribution < -0.4 is 10.2 Å². The lowest BCUT2D eigenvalue weighted by molar-refractivity contribution is 0.787. The molecule has 3 rings (SSSR count). The lowest BCUT2D eigenvalue weighted by Gasteiger charge is -2.20. The van der Waals surface area contributed by atoms with E-state index in [0.717, 1.165) is 24.6 Å². The Balaban J connectivity index is 2.02. The first-order valence-corrected chi connectivity index (χ1v) is 7.92. The maximum absolute atomic E-state index is 4.84. The van der Waals surface area contributed by atoms with Crippen molar-refractivity contribution in [3.8, 4) is 0 Å². The molecule has 0 aliphatic heterocycles. The third kappa shape index (κ3) is 3.06. The van der Waals surface area contributed by atoms with E-state index in [0.29, 0.717) is 0 Å². The maximum Gasteiger partial charge on any atom is 0.136 e. The molecule has 0 radical (unpaired) electrons. The minimum atomic E-state index is 0.782. The molecule has 4 heteroatoms. The fourth-order valence-electron chi connectivity index (χ4n) is 2.51. The smallest absolute Gasteiger partial charge is 0.136 e. The van der Waals surface area contributed by atoms with Gasteiger partial charge in [0.2, 0.25) is 0 Å². The Morgan fingerprint density at radius 1 is 1.19 bits per heavy atom. The van der Waals surface area contributed by atoms with Gasteiger partial charge in [-0.1, -0.05) is 30.3 Å². The summed E-state index contributed by atoms with van der Waals surface area (Å²) in [6, 6.07) is 14.9. The fourth-order valence-corrected chi connectivity index (χ4v) is 3.27. The van der Waals surface area contributed by atoms with Crippen molar-refractivity contribution in [2.24, 2.45) is 0 Å². The summed E-state index contributed by atoms with van der Waals surface area (Å²) in [5, 5.41) is 7.75. The number of nitrogens with one attached hydrogen (secondary N) is 1. The summed E-state index contributed by atoms with van der Waals surface area (Å²) in [5.74, 6) is 1.05. The summed E-state index contributed by atoms with van der Waals surface area (Å²) in [4.78, 5) is 8.42. The highest BCUT2D eigenvalue weighted by Crippen LogP contribution is 2.26. The van der Waals surface area contributed by atoms with Crippen LogP contribution in [0.25, 0.3) is 10.8 Å². The van der Waals surface area contributed by atoms with Crippen LogP contribution in [0.5, 0.6) is 0 Å². The first kappa shape index (κ1) is 14.0. The number of rotatable bonds is 5. The molecule has 1 aromatic carbocycles. The molecule has 0 atom stereocenters. The van der Waals surface area contributed by atoms with Crippen molar-refractivity contribution < 1.29 is 0 Å². The molecule has 0 aliphatic rings. The molecule has 0 fully saturated rings. The minimum absolute atomic E-state index is 0.782. The van der Waals surface area contributed by atoms with Crippen LogP contribution >= 0.6 is 11.3 Å². The van der Waals surface area contributed by atoms with E-state index >= 15 is 0 Å². The van der Waals surface area contributed by atoms with Crippen molar-refractivity contribution in [2.75, 3.05) is 19.0 Å². The molecule has 2 heterocycles. The number of benzene rings is 1. The Morgan fingerprint density at radius 3 is 2.81 bits per heavy atom. The highest BCUT2D eigenvalue weighted by atomic mass is 32.1. The number of nitrogens with zero attached hydrogens (tertiary/aromatic N) is 2. The molecular formula is C17H19N3S. The van der Waals surface area contributed by atoms with Crippen LogP contribution in [0.15, 0.2) is 47.8 Å². The molecule has 0 spiro atoms. The van der Waals surface area contributed by atoms with Gasteiger partial charge in [-0.25, -0.2) is 4.98 Å². The Kier molecular flexibility index (Phi) is 4.18. The van der Waals surface area contributed by atoms with Crippen molar-refractivity contribution in [3.63, 3.8) is 0 Å². The van der Waals surface area contributed by atoms with Gasteiger partial charge in [0.05, 0.1) is 12.2 Å². The molecule has 1 N–H and O–H groups in total. The molecule has 0 unspecified atom stereocenters. The van der Waals surface area contributed by atoms with Gasteiger partial charge in [0, 0.05) is 23.9 Å². The molecule has 0 saturated carbocycles. The number of aromatic nitrogens is 1. The second kappa shape index (κ2) is 6.24. The van der Waals surface area contributed by atoms with Crippen molar-refractivity contribution in [2.45, 2.75) is 13.1 Å². The highest BCUT2D eigenvalue weighted by molar-refractivity contribution is 7.09. The van der Waals surface area contributed by atoms with Gasteiger partial charge in [-0.3, -0.25) is 0 Å². The summed E-state index contributed by atoms with van der Waals surface area (Å²) in [6.07, 6.45) is 0. The average molecular weight is 297 g/mol. The van der Waals surface area contributed by atoms with Crippen LogP contribution in [0.1, 0.15) is 10.6 Å². The number of anilines is 1. The molecule has 3 aromatic rings. The number of hydrogen-bond donors (Lipinski definition) is 1. The van der Waals surface area contributed by atoms with Gasteiger partial charge in [-0.2, -0.15) is 0 Å². The largest absolute Gasteiger partial charge is 0.354 e. The van der Waals surface area contributed by atoms with Crippen LogP contribution in [0, 0.1) is 0 Å². The van der Waals surface area contributed by atoms with Crippen LogP contribution in [0.4, 0.5) is 5.82 Å². The summed E-state index contributed by atoms with van der Waals surface area (Å²) in [7, 11) is 4.06. The van der Waals surface area contributed by atoms with Gasteiger partial charge in [-0.15, -0.1) is 11.3 Å². The normalized spacial score (nSPS) is 11.0. The molecule has 21 heavy (non-hydrogen) atoms. The molecule has 0 amide bonds. The van der Waals surface area contributed by atoms with Gasteiger partial charge in [0.25, 0.3) is 0 Å². The molecule has 0 bridgehead atoms. The fraction of sp³-hybridized carbons (Fsp3) is 0.235. The molecule has 3 nitrogen and oxygen atoms in total. The van der Waals surface area contributed by atoms with E-state index in [4.69, 9.17) is 4.98 Å². The summed E-state index contributed by atoms with van der Waals surface area (Å²) in [5.41, 5.74) is 1.07. The summed E-state index contributed by atoms with van der Waals surface area (Å²) in [6.45, 7) is 1.67. The van der Waals surface area contributed by atoms with Crippen LogP contribution in [0.3, 0.4) is 0 Å². The van der Waals surface area contributed by atoms with E-state index in [2.05, 4.69) is 65.1 Å². The van der Waals surface area contributed by atoms with E-state index in [1.165, 1.54) is 15.6 Å². The number of fused-ring (bicyclic) bond motifs is 1. The van der Waals surface area contributed by atoms with Gasteiger partial charge < -0.3 is 10.2 Å². The standard InChI is InChI=1S/C17H19N3S/c1-18-11-14-10-13-6-3-4-8-16(13)17(19-14)20(2)12-15-7-5-9-21-15/h3-10,18H,11-12H2,1-2H3. The Morgan fingerprint density at radius 2 is 2.05 bits per heavy atom. The predicted molar refractivity (Wildman–Crippen MR) is 90.9 cm³/mol. The number of hydrogen-bond acceptors (Lipinski definition) is 4. The van der Waals surface area contributed by atoms with Gasteiger partial charge in [0.15, 0.2) is 0 Å². The van der Waals surface area contributed by atoms with Crippen molar-refractivity contribution in [1.82, 2.24) is 10.3 Å². The first-order chi connectivity index (χ1) is 10.3. The topological polar surface area (TPSA) is 28.2 Å². The van der Waals surface area contributed by atoms with Crippen LogP contribution in [-0.4, -0.2) is 19.1 Å². The predicted octanol–water partition coefficient (Wildman–Crippen LogP) is 3.65. The number of thiophene rings is 1. The first-order valence-electron chi connectivity index (χ1n) is 7.04. The van der Waals surface area contributed by atoms with Crippen molar-refractivity contribution in [1.29, 1.82) is 0 Å². The van der Waals surface area contributed by atoms with Crippen molar-refractivity contribution in [3.05, 3.63) is 58.4 Å². The average Bonchev–Trinajstić information content (AvgIpc) is 2.99. The SMILES string of the molecule is CNCc1cc2ccccc2c(N(C)Cc2cccs2)n1. The van der Waals surface area contributed by atoms with E-state index in [9.17, 15) is 0 Å². The third-order valence-corrected chi connectivity index (χ3v) is 4.33. The Labute approximate surface area is 129 Å². The highest BCUT2D eigenvalue weighted by Gasteiger charge is 2.11. The van der Waals surface area contributed by atoms with E-state index in [-0.39, 0.29) is 0 Å². The summed E-state index contributed by atoms with van der Waals surface area (Å²) >= 11 is 1.78. The maximum atomic E-state index is 4.84.